The number of carbonyl (C=O) groups is 1. The molecular weight excluding hydrogens is 264 g/mol. The monoisotopic (exact) mass is 288 g/mol. The first-order valence-electron chi connectivity index (χ1n) is 7.62. The first kappa shape index (κ1) is 15.9. The second-order valence-electron chi connectivity index (χ2n) is 5.97. The number of benzene rings is 1. The Morgan fingerprint density at radius 3 is 2.81 bits per heavy atom. The van der Waals surface area contributed by atoms with E-state index in [1.807, 2.05) is 43.3 Å². The smallest absolute Gasteiger partial charge is 0.142 e. The van der Waals surface area contributed by atoms with Crippen molar-refractivity contribution in [3.63, 3.8) is 0 Å². The average molecular weight is 288 g/mol. The zero-order valence-electron chi connectivity index (χ0n) is 12.6. The maximum atomic E-state index is 12.0. The number of hydrogen-bond donors (Lipinski definition) is 1. The minimum Gasteiger partial charge on any atom is -0.387 e. The lowest BCUT2D eigenvalue weighted by Gasteiger charge is -2.29. The highest BCUT2D eigenvalue weighted by Gasteiger charge is 2.32. The summed E-state index contributed by atoms with van der Waals surface area (Å²) in [5, 5.41) is 9.94. The summed E-state index contributed by atoms with van der Waals surface area (Å²) in [6.45, 7) is 2.69. The van der Waals surface area contributed by atoms with Crippen LogP contribution in [-0.2, 0) is 16.1 Å². The molecule has 0 unspecified atom stereocenters. The summed E-state index contributed by atoms with van der Waals surface area (Å²) in [6.07, 6.45) is 6.50. The molecule has 0 radical (unpaired) electrons. The maximum absolute atomic E-state index is 12.0. The van der Waals surface area contributed by atoms with E-state index in [-0.39, 0.29) is 12.4 Å². The molecule has 1 fully saturated rings. The molecular formula is C18H24O3. The highest BCUT2D eigenvalue weighted by Crippen LogP contribution is 2.34. The van der Waals surface area contributed by atoms with Crippen molar-refractivity contribution in [2.24, 2.45) is 5.41 Å². The molecule has 2 rings (SSSR count). The molecule has 0 aliphatic heterocycles. The van der Waals surface area contributed by atoms with E-state index in [0.717, 1.165) is 24.8 Å². The van der Waals surface area contributed by atoms with Crippen LogP contribution in [0, 0.1) is 5.41 Å². The summed E-state index contributed by atoms with van der Waals surface area (Å²) >= 11 is 0. The minimum absolute atomic E-state index is 0.246. The van der Waals surface area contributed by atoms with Crippen LogP contribution in [-0.4, -0.2) is 23.6 Å². The molecule has 0 amide bonds. The first-order chi connectivity index (χ1) is 10.1. The van der Waals surface area contributed by atoms with E-state index >= 15 is 0 Å². The Morgan fingerprint density at radius 1 is 1.33 bits per heavy atom. The summed E-state index contributed by atoms with van der Waals surface area (Å²) in [5.41, 5.74) is 0.682. The Hall–Kier alpha value is -1.45. The molecule has 1 aliphatic rings. The standard InChI is InChI=1S/C18H24O3/c1-18(11-6-5-9-17(18)20)12-10-16(19)14-21-13-15-7-3-2-4-8-15/h2-4,7-8,10,12,16,19H,5-6,9,11,13-14H2,1H3/t16-,18-/m1/s1. The Morgan fingerprint density at radius 2 is 2.10 bits per heavy atom. The summed E-state index contributed by atoms with van der Waals surface area (Å²) in [7, 11) is 0. The normalized spacial score (nSPS) is 24.4. The molecule has 0 bridgehead atoms. The van der Waals surface area contributed by atoms with E-state index in [1.165, 1.54) is 0 Å². The predicted molar refractivity (Wildman–Crippen MR) is 82.8 cm³/mol. The summed E-state index contributed by atoms with van der Waals surface area (Å²) in [5.74, 6) is 0.280. The molecule has 1 N–H and O–H groups in total. The van der Waals surface area contributed by atoms with Crippen LogP contribution in [0.25, 0.3) is 0 Å². The fourth-order valence-electron chi connectivity index (χ4n) is 2.63. The molecule has 1 saturated carbocycles. The number of ketones is 1. The Balaban J connectivity index is 1.77. The molecule has 0 heterocycles. The van der Waals surface area contributed by atoms with Crippen LogP contribution >= 0.6 is 0 Å². The molecule has 2 atom stereocenters. The van der Waals surface area contributed by atoms with Gasteiger partial charge in [0.2, 0.25) is 0 Å². The Labute approximate surface area is 126 Å². The van der Waals surface area contributed by atoms with Crippen LogP contribution in [0.1, 0.15) is 38.2 Å². The van der Waals surface area contributed by atoms with Crippen molar-refractivity contribution in [1.82, 2.24) is 0 Å². The second-order valence-corrected chi connectivity index (χ2v) is 5.97. The fourth-order valence-corrected chi connectivity index (χ4v) is 2.63. The molecule has 1 aromatic carbocycles. The van der Waals surface area contributed by atoms with Crippen molar-refractivity contribution < 1.29 is 14.6 Å². The Kier molecular flexibility index (Phi) is 5.71. The van der Waals surface area contributed by atoms with Crippen molar-refractivity contribution in [1.29, 1.82) is 0 Å². The van der Waals surface area contributed by atoms with Gasteiger partial charge in [-0.1, -0.05) is 48.9 Å². The van der Waals surface area contributed by atoms with Gasteiger partial charge in [-0.2, -0.15) is 0 Å². The molecule has 3 nitrogen and oxygen atoms in total. The van der Waals surface area contributed by atoms with Crippen molar-refractivity contribution in [2.45, 2.75) is 45.3 Å². The number of aliphatic hydroxyl groups is 1. The molecule has 0 saturated heterocycles. The highest BCUT2D eigenvalue weighted by atomic mass is 16.5. The number of Topliss-reactive ketones (excluding diaryl/α,β-unsaturated/α-hetero) is 1. The highest BCUT2D eigenvalue weighted by molar-refractivity contribution is 5.86. The van der Waals surface area contributed by atoms with Gasteiger partial charge in [0, 0.05) is 11.8 Å². The third-order valence-corrected chi connectivity index (χ3v) is 4.07. The maximum Gasteiger partial charge on any atom is 0.142 e. The minimum atomic E-state index is -0.666. The topological polar surface area (TPSA) is 46.5 Å². The third-order valence-electron chi connectivity index (χ3n) is 4.07. The van der Waals surface area contributed by atoms with Gasteiger partial charge in [-0.05, 0) is 25.3 Å². The van der Waals surface area contributed by atoms with E-state index in [9.17, 15) is 9.90 Å². The number of ether oxygens (including phenoxy) is 1. The van der Waals surface area contributed by atoms with Crippen LogP contribution in [0.15, 0.2) is 42.5 Å². The van der Waals surface area contributed by atoms with Crippen LogP contribution in [0.5, 0.6) is 0 Å². The SMILES string of the molecule is C[C@]1(C=C[C@@H](O)COCc2ccccc2)CCCCC1=O. The Bertz CT molecular complexity index is 480. The molecule has 1 aromatic rings. The van der Waals surface area contributed by atoms with Gasteiger partial charge in [-0.3, -0.25) is 4.79 Å². The zero-order valence-corrected chi connectivity index (χ0v) is 12.6. The lowest BCUT2D eigenvalue weighted by Crippen LogP contribution is -2.29. The molecule has 1 aliphatic carbocycles. The van der Waals surface area contributed by atoms with E-state index < -0.39 is 11.5 Å². The average Bonchev–Trinajstić information content (AvgIpc) is 2.50. The predicted octanol–water partition coefficient (Wildman–Crippen LogP) is 3.27. The summed E-state index contributed by atoms with van der Waals surface area (Å²) in [4.78, 5) is 12.0. The fraction of sp³-hybridized carbons (Fsp3) is 0.500. The summed E-state index contributed by atoms with van der Waals surface area (Å²) in [6, 6.07) is 9.87. The molecule has 21 heavy (non-hydrogen) atoms. The number of carbonyl (C=O) groups excluding carboxylic acids is 1. The van der Waals surface area contributed by atoms with Gasteiger partial charge in [0.15, 0.2) is 0 Å². The third kappa shape index (κ3) is 4.80. The summed E-state index contributed by atoms with van der Waals surface area (Å²) < 4.78 is 5.49. The lowest BCUT2D eigenvalue weighted by atomic mass is 9.74. The molecule has 3 heteroatoms. The van der Waals surface area contributed by atoms with Gasteiger partial charge in [0.25, 0.3) is 0 Å². The molecule has 114 valence electrons. The number of allylic oxidation sites excluding steroid dienone is 1. The van der Waals surface area contributed by atoms with Crippen LogP contribution in [0.2, 0.25) is 0 Å². The van der Waals surface area contributed by atoms with Crippen LogP contribution in [0.4, 0.5) is 0 Å². The van der Waals surface area contributed by atoms with Crippen LogP contribution in [0.3, 0.4) is 0 Å². The largest absolute Gasteiger partial charge is 0.387 e. The van der Waals surface area contributed by atoms with E-state index in [4.69, 9.17) is 4.74 Å². The number of rotatable bonds is 6. The second kappa shape index (κ2) is 7.53. The quantitative estimate of drug-likeness (QED) is 0.817. The molecule has 0 aromatic heterocycles. The van der Waals surface area contributed by atoms with Gasteiger partial charge in [-0.15, -0.1) is 0 Å². The number of aliphatic hydroxyl groups excluding tert-OH is 1. The van der Waals surface area contributed by atoms with E-state index in [1.54, 1.807) is 6.08 Å². The van der Waals surface area contributed by atoms with Gasteiger partial charge in [-0.25, -0.2) is 0 Å². The van der Waals surface area contributed by atoms with Crippen molar-refractivity contribution in [2.75, 3.05) is 6.61 Å². The van der Waals surface area contributed by atoms with Gasteiger partial charge in [0.05, 0.1) is 19.3 Å². The van der Waals surface area contributed by atoms with Crippen molar-refractivity contribution in [3.8, 4) is 0 Å². The van der Waals surface area contributed by atoms with Crippen LogP contribution < -0.4 is 0 Å². The van der Waals surface area contributed by atoms with E-state index in [2.05, 4.69) is 0 Å². The number of hydrogen-bond acceptors (Lipinski definition) is 3. The molecule has 0 spiro atoms. The van der Waals surface area contributed by atoms with Crippen molar-refractivity contribution in [3.05, 3.63) is 48.0 Å². The zero-order chi connectivity index (χ0) is 15.1. The van der Waals surface area contributed by atoms with Gasteiger partial charge < -0.3 is 9.84 Å². The van der Waals surface area contributed by atoms with Gasteiger partial charge in [0.1, 0.15) is 5.78 Å². The first-order valence-corrected chi connectivity index (χ1v) is 7.62. The van der Waals surface area contributed by atoms with Crippen molar-refractivity contribution >= 4 is 5.78 Å². The lowest BCUT2D eigenvalue weighted by molar-refractivity contribution is -0.127. The van der Waals surface area contributed by atoms with Gasteiger partial charge >= 0.3 is 0 Å². The van der Waals surface area contributed by atoms with E-state index in [0.29, 0.717) is 13.0 Å².